The van der Waals surface area contributed by atoms with E-state index in [-0.39, 0.29) is 17.4 Å². The summed E-state index contributed by atoms with van der Waals surface area (Å²) >= 11 is 0. The summed E-state index contributed by atoms with van der Waals surface area (Å²) in [6.07, 6.45) is -6.39. The fraction of sp³-hybridized carbons (Fsp3) is 0.818. The molecule has 4 rings (SSSR count). The number of esters is 2. The van der Waals surface area contributed by atoms with Gasteiger partial charge in [-0.3, -0.25) is 0 Å². The van der Waals surface area contributed by atoms with Crippen molar-refractivity contribution in [1.29, 1.82) is 0 Å². The van der Waals surface area contributed by atoms with Gasteiger partial charge in [-0.05, 0) is 50.9 Å². The highest BCUT2D eigenvalue weighted by Gasteiger charge is 2.62. The van der Waals surface area contributed by atoms with E-state index in [1.54, 1.807) is 6.92 Å². The van der Waals surface area contributed by atoms with E-state index in [2.05, 4.69) is 11.3 Å². The molecule has 0 N–H and O–H groups in total. The molecule has 4 aliphatic carbocycles. The second-order valence-corrected chi connectivity index (χ2v) is 9.99. The highest BCUT2D eigenvalue weighted by atomic mass is 19.4. The molecule has 4 aliphatic rings. The van der Waals surface area contributed by atoms with Crippen LogP contribution in [0.1, 0.15) is 58.3 Å². The molecule has 4 saturated carbocycles. The van der Waals surface area contributed by atoms with Crippen LogP contribution in [0.2, 0.25) is 0 Å². The summed E-state index contributed by atoms with van der Waals surface area (Å²) in [4.78, 5) is 24.1. The van der Waals surface area contributed by atoms with Crippen LogP contribution in [0.25, 0.3) is 0 Å². The van der Waals surface area contributed by atoms with Crippen molar-refractivity contribution >= 4 is 11.9 Å². The van der Waals surface area contributed by atoms with Crippen molar-refractivity contribution < 1.29 is 54.5 Å². The average molecular weight is 504 g/mol. The van der Waals surface area contributed by atoms with Gasteiger partial charge >= 0.3 is 24.0 Å². The lowest BCUT2D eigenvalue weighted by atomic mass is 9.52. The van der Waals surface area contributed by atoms with Crippen LogP contribution in [0.4, 0.5) is 30.7 Å². The second kappa shape index (κ2) is 8.98. The quantitative estimate of drug-likeness (QED) is 0.228. The fourth-order valence-corrected chi connectivity index (χ4v) is 5.75. The number of hydrogen-bond acceptors (Lipinski definition) is 5. The monoisotopic (exact) mass is 504 g/mol. The third-order valence-corrected chi connectivity index (χ3v) is 6.73. The lowest BCUT2D eigenvalue weighted by Crippen LogP contribution is -2.61. The van der Waals surface area contributed by atoms with Gasteiger partial charge < -0.3 is 14.2 Å². The van der Waals surface area contributed by atoms with E-state index < -0.39 is 67.2 Å². The normalized spacial score (nSPS) is 30.8. The summed E-state index contributed by atoms with van der Waals surface area (Å²) in [6.45, 7) is 3.49. The van der Waals surface area contributed by atoms with Crippen molar-refractivity contribution in [2.24, 2.45) is 11.8 Å². The van der Waals surface area contributed by atoms with E-state index in [0.29, 0.717) is 32.1 Å². The number of carbonyl (C=O) groups excluding carboxylic acids is 2. The van der Waals surface area contributed by atoms with Gasteiger partial charge in [-0.2, -0.15) is 22.0 Å². The Morgan fingerprint density at radius 1 is 0.971 bits per heavy atom. The van der Waals surface area contributed by atoms with E-state index >= 15 is 0 Å². The molecule has 4 fully saturated rings. The Labute approximate surface area is 192 Å². The largest absolute Gasteiger partial charge is 0.464 e. The van der Waals surface area contributed by atoms with Gasteiger partial charge in [0.15, 0.2) is 0 Å². The standard InChI is InChI=1S/C22H27F7O5/c1-13(2)17(31)34-19-8-14-5-15(9-19)7-18(6-14,11-19)33-10-16(30)32-4-3-20(23,24)12-21(25,26)22(27,28)29/h14-15H,1,3-12H2,2H3. The van der Waals surface area contributed by atoms with Crippen LogP contribution >= 0.6 is 0 Å². The molecule has 0 radical (unpaired) electrons. The fourth-order valence-electron chi connectivity index (χ4n) is 5.75. The second-order valence-electron chi connectivity index (χ2n) is 9.99. The van der Waals surface area contributed by atoms with Crippen LogP contribution in [0, 0.1) is 11.8 Å². The van der Waals surface area contributed by atoms with Crippen molar-refractivity contribution in [3.05, 3.63) is 12.2 Å². The van der Waals surface area contributed by atoms with E-state index in [0.717, 1.165) is 6.42 Å². The average Bonchev–Trinajstić information content (AvgIpc) is 2.63. The number of hydrogen-bond donors (Lipinski definition) is 0. The van der Waals surface area contributed by atoms with Crippen LogP contribution in [0.5, 0.6) is 0 Å². The SMILES string of the molecule is C=C(C)C(=O)OC12CC3CC(CC(OCC(=O)OCCC(F)(F)CC(F)(F)C(F)(F)F)(C3)C1)C2. The third kappa shape index (κ3) is 6.04. The van der Waals surface area contributed by atoms with Gasteiger partial charge in [0.05, 0.1) is 18.6 Å². The maximum atomic E-state index is 13.5. The first-order valence-electron chi connectivity index (χ1n) is 11.0. The molecule has 2 unspecified atom stereocenters. The lowest BCUT2D eigenvalue weighted by Gasteiger charge is -2.60. The summed E-state index contributed by atoms with van der Waals surface area (Å²) in [5, 5.41) is 0. The van der Waals surface area contributed by atoms with Gasteiger partial charge in [0.25, 0.3) is 5.92 Å². The molecular formula is C22H27F7O5. The maximum absolute atomic E-state index is 13.5. The Bertz CT molecular complexity index is 809. The molecule has 0 aromatic heterocycles. The minimum absolute atomic E-state index is 0.226. The molecule has 0 aromatic carbocycles. The predicted molar refractivity (Wildman–Crippen MR) is 103 cm³/mol. The van der Waals surface area contributed by atoms with Crippen molar-refractivity contribution in [3.8, 4) is 0 Å². The van der Waals surface area contributed by atoms with Gasteiger partial charge in [-0.1, -0.05) is 6.58 Å². The van der Waals surface area contributed by atoms with Gasteiger partial charge in [0.2, 0.25) is 0 Å². The van der Waals surface area contributed by atoms with Crippen LogP contribution in [0.15, 0.2) is 12.2 Å². The Hall–Kier alpha value is -1.85. The van der Waals surface area contributed by atoms with Crippen LogP contribution < -0.4 is 0 Å². The van der Waals surface area contributed by atoms with E-state index in [9.17, 15) is 40.3 Å². The topological polar surface area (TPSA) is 61.8 Å². The molecule has 12 heteroatoms. The van der Waals surface area contributed by atoms with Gasteiger partial charge in [-0.25, -0.2) is 18.4 Å². The molecule has 0 amide bonds. The highest BCUT2D eigenvalue weighted by Crippen LogP contribution is 2.60. The zero-order valence-corrected chi connectivity index (χ0v) is 18.6. The molecule has 0 aromatic rings. The lowest BCUT2D eigenvalue weighted by molar-refractivity contribution is -0.301. The molecule has 0 heterocycles. The van der Waals surface area contributed by atoms with E-state index in [1.807, 2.05) is 0 Å². The minimum Gasteiger partial charge on any atom is -0.464 e. The molecule has 0 saturated heterocycles. The Morgan fingerprint density at radius 3 is 2.06 bits per heavy atom. The Balaban J connectivity index is 1.50. The molecule has 2 atom stereocenters. The van der Waals surface area contributed by atoms with Crippen molar-refractivity contribution in [3.63, 3.8) is 0 Å². The Morgan fingerprint density at radius 2 is 1.53 bits per heavy atom. The molecule has 194 valence electrons. The number of alkyl halides is 7. The molecular weight excluding hydrogens is 477 g/mol. The van der Waals surface area contributed by atoms with Crippen molar-refractivity contribution in [2.75, 3.05) is 13.2 Å². The summed E-state index contributed by atoms with van der Waals surface area (Å²) in [5.74, 6) is -11.0. The zero-order valence-electron chi connectivity index (χ0n) is 18.6. The first kappa shape index (κ1) is 26.7. The van der Waals surface area contributed by atoms with Gasteiger partial charge in [-0.15, -0.1) is 0 Å². The van der Waals surface area contributed by atoms with Crippen LogP contribution in [-0.2, 0) is 23.8 Å². The van der Waals surface area contributed by atoms with Crippen molar-refractivity contribution in [1.82, 2.24) is 0 Å². The first-order valence-corrected chi connectivity index (χ1v) is 11.0. The summed E-state index contributed by atoms with van der Waals surface area (Å²) in [5.41, 5.74) is -1.22. The zero-order chi connectivity index (χ0) is 25.6. The third-order valence-electron chi connectivity index (χ3n) is 6.73. The number of ether oxygens (including phenoxy) is 3. The Kier molecular flexibility index (Phi) is 7.07. The molecule has 34 heavy (non-hydrogen) atoms. The van der Waals surface area contributed by atoms with E-state index in [4.69, 9.17) is 9.47 Å². The minimum atomic E-state index is -6.10. The molecule has 5 nitrogen and oxygen atoms in total. The number of carbonyl (C=O) groups is 2. The van der Waals surface area contributed by atoms with Crippen molar-refractivity contribution in [2.45, 2.75) is 87.5 Å². The summed E-state index contributed by atoms with van der Waals surface area (Å²) in [7, 11) is 0. The smallest absolute Gasteiger partial charge is 0.453 e. The molecule has 0 spiro atoms. The predicted octanol–water partition coefficient (Wildman–Crippen LogP) is 5.37. The van der Waals surface area contributed by atoms with Gasteiger partial charge in [0.1, 0.15) is 12.2 Å². The number of halogens is 7. The summed E-state index contributed by atoms with van der Waals surface area (Å²) in [6, 6.07) is 0. The number of rotatable bonds is 10. The summed E-state index contributed by atoms with van der Waals surface area (Å²) < 4.78 is 105. The van der Waals surface area contributed by atoms with E-state index in [1.165, 1.54) is 0 Å². The first-order chi connectivity index (χ1) is 15.5. The van der Waals surface area contributed by atoms with Gasteiger partial charge in [0, 0.05) is 18.4 Å². The highest BCUT2D eigenvalue weighted by molar-refractivity contribution is 5.87. The molecule has 0 aliphatic heterocycles. The van der Waals surface area contributed by atoms with Crippen LogP contribution in [0.3, 0.4) is 0 Å². The van der Waals surface area contributed by atoms with Crippen LogP contribution in [-0.4, -0.2) is 54.4 Å². The molecule has 4 bridgehead atoms. The maximum Gasteiger partial charge on any atom is 0.453 e.